The number of carbonyl (C=O) groups is 1. The molecule has 3 unspecified atom stereocenters. The molecule has 0 radical (unpaired) electrons. The van der Waals surface area contributed by atoms with Gasteiger partial charge in [-0.05, 0) is 32.1 Å². The van der Waals surface area contributed by atoms with Gasteiger partial charge in [-0.25, -0.2) is 0 Å². The molecule has 0 aromatic carbocycles. The van der Waals surface area contributed by atoms with Crippen LogP contribution in [-0.4, -0.2) is 12.1 Å². The Morgan fingerprint density at radius 2 is 2.36 bits per heavy atom. The first-order valence-electron chi connectivity index (χ1n) is 5.59. The summed E-state index contributed by atoms with van der Waals surface area (Å²) >= 11 is 0. The van der Waals surface area contributed by atoms with Gasteiger partial charge in [0.15, 0.2) is 0 Å². The summed E-state index contributed by atoms with van der Waals surface area (Å²) in [4.78, 5) is 11.2. The van der Waals surface area contributed by atoms with Gasteiger partial charge in [-0.1, -0.05) is 18.6 Å². The Morgan fingerprint density at radius 1 is 1.57 bits per heavy atom. The van der Waals surface area contributed by atoms with Crippen molar-refractivity contribution in [3.05, 3.63) is 11.6 Å². The van der Waals surface area contributed by atoms with Gasteiger partial charge in [-0.15, -0.1) is 0 Å². The van der Waals surface area contributed by atoms with Gasteiger partial charge in [0, 0.05) is 12.3 Å². The van der Waals surface area contributed by atoms with Crippen molar-refractivity contribution in [2.75, 3.05) is 0 Å². The second kappa shape index (κ2) is 3.76. The SMILES string of the molecule is CC=C1CC2CC1CC2OC(=O)CC. The van der Waals surface area contributed by atoms with Crippen molar-refractivity contribution in [2.45, 2.75) is 45.6 Å². The molecule has 0 spiro atoms. The van der Waals surface area contributed by atoms with Crippen molar-refractivity contribution in [1.29, 1.82) is 0 Å². The zero-order chi connectivity index (χ0) is 10.1. The van der Waals surface area contributed by atoms with Crippen LogP contribution < -0.4 is 0 Å². The normalized spacial score (nSPS) is 37.9. The Hall–Kier alpha value is -0.790. The van der Waals surface area contributed by atoms with Crippen molar-refractivity contribution in [2.24, 2.45) is 11.8 Å². The standard InChI is InChI=1S/C12H18O2/c1-3-8-5-10-6-9(8)7-11(10)14-12(13)4-2/h3,9-11H,4-7H2,1-2H3. The molecule has 2 fully saturated rings. The second-order valence-electron chi connectivity index (χ2n) is 4.38. The summed E-state index contributed by atoms with van der Waals surface area (Å²) in [6.07, 6.45) is 6.42. The van der Waals surface area contributed by atoms with Crippen molar-refractivity contribution < 1.29 is 9.53 Å². The van der Waals surface area contributed by atoms with Gasteiger partial charge in [-0.2, -0.15) is 0 Å². The molecule has 2 bridgehead atoms. The van der Waals surface area contributed by atoms with E-state index in [0.717, 1.165) is 12.8 Å². The van der Waals surface area contributed by atoms with E-state index in [1.807, 2.05) is 6.92 Å². The fraction of sp³-hybridized carbons (Fsp3) is 0.750. The molecular weight excluding hydrogens is 176 g/mol. The first kappa shape index (κ1) is 9.75. The van der Waals surface area contributed by atoms with Crippen LogP contribution in [0.3, 0.4) is 0 Å². The minimum absolute atomic E-state index is 0.0374. The van der Waals surface area contributed by atoms with Gasteiger partial charge >= 0.3 is 5.97 Å². The molecule has 2 aliphatic carbocycles. The van der Waals surface area contributed by atoms with E-state index in [1.54, 1.807) is 5.57 Å². The van der Waals surface area contributed by atoms with E-state index >= 15 is 0 Å². The van der Waals surface area contributed by atoms with Gasteiger partial charge < -0.3 is 4.74 Å². The van der Waals surface area contributed by atoms with E-state index in [-0.39, 0.29) is 12.1 Å². The van der Waals surface area contributed by atoms with Crippen molar-refractivity contribution >= 4 is 5.97 Å². The molecule has 0 saturated heterocycles. The molecule has 0 amide bonds. The van der Waals surface area contributed by atoms with Gasteiger partial charge in [0.2, 0.25) is 0 Å². The largest absolute Gasteiger partial charge is 0.462 e. The number of allylic oxidation sites excluding steroid dienone is 2. The molecule has 2 nitrogen and oxygen atoms in total. The first-order valence-corrected chi connectivity index (χ1v) is 5.59. The molecule has 0 N–H and O–H groups in total. The highest BCUT2D eigenvalue weighted by Crippen LogP contribution is 2.49. The van der Waals surface area contributed by atoms with Gasteiger partial charge in [0.25, 0.3) is 0 Å². The van der Waals surface area contributed by atoms with E-state index < -0.39 is 0 Å². The summed E-state index contributed by atoms with van der Waals surface area (Å²) in [5.74, 6) is 1.28. The third-order valence-electron chi connectivity index (χ3n) is 3.59. The van der Waals surface area contributed by atoms with Crippen LogP contribution in [0.15, 0.2) is 11.6 Å². The molecule has 0 aliphatic heterocycles. The maximum atomic E-state index is 11.2. The number of fused-ring (bicyclic) bond motifs is 2. The third-order valence-corrected chi connectivity index (χ3v) is 3.59. The molecule has 14 heavy (non-hydrogen) atoms. The van der Waals surface area contributed by atoms with E-state index in [2.05, 4.69) is 13.0 Å². The molecule has 78 valence electrons. The Kier molecular flexibility index (Phi) is 2.62. The fourth-order valence-corrected chi connectivity index (χ4v) is 2.82. The minimum atomic E-state index is -0.0374. The average Bonchev–Trinajstić information content (AvgIpc) is 2.75. The van der Waals surface area contributed by atoms with Crippen LogP contribution in [0.2, 0.25) is 0 Å². The van der Waals surface area contributed by atoms with Crippen LogP contribution >= 0.6 is 0 Å². The summed E-state index contributed by atoms with van der Waals surface area (Å²) in [6.45, 7) is 3.97. The fourth-order valence-electron chi connectivity index (χ4n) is 2.82. The Bertz CT molecular complexity index is 267. The highest BCUT2D eigenvalue weighted by atomic mass is 16.5. The zero-order valence-corrected chi connectivity index (χ0v) is 8.95. The molecule has 0 aromatic rings. The quantitative estimate of drug-likeness (QED) is 0.499. The predicted molar refractivity (Wildman–Crippen MR) is 54.8 cm³/mol. The maximum Gasteiger partial charge on any atom is 0.305 e. The summed E-state index contributed by atoms with van der Waals surface area (Å²) < 4.78 is 5.42. The van der Waals surface area contributed by atoms with Gasteiger partial charge in [0.05, 0.1) is 0 Å². The smallest absolute Gasteiger partial charge is 0.305 e. The number of rotatable bonds is 2. The van der Waals surface area contributed by atoms with Crippen LogP contribution in [0, 0.1) is 11.8 Å². The number of esters is 1. The minimum Gasteiger partial charge on any atom is -0.462 e. The van der Waals surface area contributed by atoms with Crippen LogP contribution in [0.4, 0.5) is 0 Å². The van der Waals surface area contributed by atoms with Crippen molar-refractivity contribution in [3.63, 3.8) is 0 Å². The Labute approximate surface area is 85.3 Å². The molecule has 0 aromatic heterocycles. The Balaban J connectivity index is 1.93. The highest BCUT2D eigenvalue weighted by Gasteiger charge is 2.44. The molecule has 2 aliphatic rings. The monoisotopic (exact) mass is 194 g/mol. The molecule has 3 atom stereocenters. The highest BCUT2D eigenvalue weighted by molar-refractivity contribution is 5.69. The molecule has 2 heteroatoms. The van der Waals surface area contributed by atoms with E-state index in [1.165, 1.54) is 6.42 Å². The lowest BCUT2D eigenvalue weighted by atomic mass is 9.92. The first-order chi connectivity index (χ1) is 6.74. The number of hydrogen-bond donors (Lipinski definition) is 0. The third kappa shape index (κ3) is 1.58. The summed E-state index contributed by atoms with van der Waals surface area (Å²) in [5, 5.41) is 0. The zero-order valence-electron chi connectivity index (χ0n) is 8.95. The summed E-state index contributed by atoms with van der Waals surface area (Å²) in [6, 6.07) is 0. The summed E-state index contributed by atoms with van der Waals surface area (Å²) in [7, 11) is 0. The van der Waals surface area contributed by atoms with Crippen LogP contribution in [0.5, 0.6) is 0 Å². The van der Waals surface area contributed by atoms with E-state index in [9.17, 15) is 4.79 Å². The molecular formula is C12H18O2. The number of carbonyl (C=O) groups excluding carboxylic acids is 1. The lowest BCUT2D eigenvalue weighted by molar-refractivity contribution is -0.150. The molecule has 0 heterocycles. The lowest BCUT2D eigenvalue weighted by Crippen LogP contribution is -2.24. The van der Waals surface area contributed by atoms with Gasteiger partial charge in [-0.3, -0.25) is 4.79 Å². The van der Waals surface area contributed by atoms with Crippen LogP contribution in [0.1, 0.15) is 39.5 Å². The second-order valence-corrected chi connectivity index (χ2v) is 4.38. The van der Waals surface area contributed by atoms with E-state index in [4.69, 9.17) is 4.74 Å². The topological polar surface area (TPSA) is 26.3 Å². The molecule has 2 rings (SSSR count). The van der Waals surface area contributed by atoms with E-state index in [0.29, 0.717) is 18.3 Å². The number of hydrogen-bond acceptors (Lipinski definition) is 2. The average molecular weight is 194 g/mol. The molecule has 2 saturated carbocycles. The number of ether oxygens (including phenoxy) is 1. The van der Waals surface area contributed by atoms with Crippen molar-refractivity contribution in [1.82, 2.24) is 0 Å². The Morgan fingerprint density at radius 3 is 2.86 bits per heavy atom. The lowest BCUT2D eigenvalue weighted by Gasteiger charge is -2.23. The summed E-state index contributed by atoms with van der Waals surface area (Å²) in [5.41, 5.74) is 1.58. The predicted octanol–water partition coefficient (Wildman–Crippen LogP) is 2.68. The maximum absolute atomic E-state index is 11.2. The van der Waals surface area contributed by atoms with Crippen LogP contribution in [0.25, 0.3) is 0 Å². The van der Waals surface area contributed by atoms with Gasteiger partial charge in [0.1, 0.15) is 6.10 Å². The van der Waals surface area contributed by atoms with Crippen LogP contribution in [-0.2, 0) is 9.53 Å². The van der Waals surface area contributed by atoms with Crippen molar-refractivity contribution in [3.8, 4) is 0 Å².